The summed E-state index contributed by atoms with van der Waals surface area (Å²) in [5.74, 6) is -0.110. The number of anilines is 1. The van der Waals surface area contributed by atoms with Crippen molar-refractivity contribution in [2.45, 2.75) is 50.2 Å². The molecule has 2 aliphatic rings. The molecule has 11 heteroatoms. The van der Waals surface area contributed by atoms with Crippen LogP contribution in [0.3, 0.4) is 0 Å². The van der Waals surface area contributed by atoms with Gasteiger partial charge in [-0.1, -0.05) is 23.2 Å². The molecule has 2 saturated heterocycles. The highest BCUT2D eigenvalue weighted by Crippen LogP contribution is 2.29. The standard InChI is InChI=1S/C24H28Cl2N4O5/c25-19-3-1-16(9-20(19)26)29-24(33)30-12-17(31)13-34-14-22-21(30)4-2-18(35-22)10-23(32)28-11-15-5-7-27-8-6-15/h1,3,5-9,17-18,21-22,31H,2,4,10-14H2,(H,28,32)(H,29,33)/t17-,18-,21+,22-/m1/s1. The van der Waals surface area contributed by atoms with Gasteiger partial charge in [0.05, 0.1) is 54.5 Å². The summed E-state index contributed by atoms with van der Waals surface area (Å²) in [5, 5.41) is 16.8. The van der Waals surface area contributed by atoms with Crippen LogP contribution in [0.4, 0.5) is 10.5 Å². The van der Waals surface area contributed by atoms with Gasteiger partial charge in [-0.2, -0.15) is 0 Å². The van der Waals surface area contributed by atoms with Crippen molar-refractivity contribution in [1.29, 1.82) is 0 Å². The van der Waals surface area contributed by atoms with Crippen LogP contribution in [0.15, 0.2) is 42.7 Å². The fourth-order valence-corrected chi connectivity index (χ4v) is 4.62. The zero-order chi connectivity index (χ0) is 24.8. The summed E-state index contributed by atoms with van der Waals surface area (Å²) < 4.78 is 11.8. The van der Waals surface area contributed by atoms with E-state index in [-0.39, 0.29) is 50.3 Å². The molecule has 0 spiro atoms. The molecule has 0 bridgehead atoms. The van der Waals surface area contributed by atoms with Gasteiger partial charge in [0.2, 0.25) is 5.91 Å². The van der Waals surface area contributed by atoms with Crippen molar-refractivity contribution in [3.05, 3.63) is 58.3 Å². The van der Waals surface area contributed by atoms with Crippen molar-refractivity contribution in [1.82, 2.24) is 15.2 Å². The van der Waals surface area contributed by atoms with E-state index in [4.69, 9.17) is 32.7 Å². The Hall–Kier alpha value is -2.43. The first kappa shape index (κ1) is 25.7. The maximum atomic E-state index is 13.2. The number of aliphatic hydroxyl groups excluding tert-OH is 1. The van der Waals surface area contributed by atoms with Gasteiger partial charge in [-0.25, -0.2) is 4.79 Å². The number of nitrogens with zero attached hydrogens (tertiary/aromatic N) is 2. The lowest BCUT2D eigenvalue weighted by Crippen LogP contribution is -2.58. The van der Waals surface area contributed by atoms with E-state index in [1.54, 1.807) is 35.5 Å². The molecule has 0 unspecified atom stereocenters. The second-order valence-corrected chi connectivity index (χ2v) is 9.49. The minimum Gasteiger partial charge on any atom is -0.389 e. The number of halogens is 2. The molecule has 188 valence electrons. The molecule has 4 atom stereocenters. The summed E-state index contributed by atoms with van der Waals surface area (Å²) in [6.07, 6.45) is 3.24. The third kappa shape index (κ3) is 7.05. The van der Waals surface area contributed by atoms with Crippen LogP contribution < -0.4 is 10.6 Å². The van der Waals surface area contributed by atoms with E-state index < -0.39 is 12.2 Å². The summed E-state index contributed by atoms with van der Waals surface area (Å²) in [7, 11) is 0. The molecule has 3 amide bonds. The van der Waals surface area contributed by atoms with Crippen molar-refractivity contribution in [3.63, 3.8) is 0 Å². The van der Waals surface area contributed by atoms with Gasteiger partial charge in [0, 0.05) is 24.6 Å². The highest BCUT2D eigenvalue weighted by Gasteiger charge is 2.40. The molecule has 3 N–H and O–H groups in total. The van der Waals surface area contributed by atoms with Gasteiger partial charge in [0.25, 0.3) is 0 Å². The number of fused-ring (bicyclic) bond motifs is 1. The average molecular weight is 523 g/mol. The number of carbonyl (C=O) groups excluding carboxylic acids is 2. The Kier molecular flexibility index (Phi) is 8.80. The number of nitrogens with one attached hydrogen (secondary N) is 2. The Morgan fingerprint density at radius 1 is 1.11 bits per heavy atom. The molecule has 35 heavy (non-hydrogen) atoms. The quantitative estimate of drug-likeness (QED) is 0.555. The fourth-order valence-electron chi connectivity index (χ4n) is 4.32. The Bertz CT molecular complexity index is 1030. The first-order valence-electron chi connectivity index (χ1n) is 11.5. The van der Waals surface area contributed by atoms with E-state index in [1.807, 2.05) is 12.1 Å². The second-order valence-electron chi connectivity index (χ2n) is 8.68. The van der Waals surface area contributed by atoms with Crippen LogP contribution in [0.5, 0.6) is 0 Å². The molecule has 2 aliphatic heterocycles. The number of amides is 3. The summed E-state index contributed by atoms with van der Waals surface area (Å²) >= 11 is 12.0. The molecule has 9 nitrogen and oxygen atoms in total. The van der Waals surface area contributed by atoms with Gasteiger partial charge in [0.15, 0.2) is 0 Å². The smallest absolute Gasteiger partial charge is 0.322 e. The number of benzene rings is 1. The predicted molar refractivity (Wildman–Crippen MR) is 131 cm³/mol. The molecule has 1 aromatic carbocycles. The van der Waals surface area contributed by atoms with E-state index in [0.29, 0.717) is 35.1 Å². The SMILES string of the molecule is O=C(C[C@H]1CC[C@H]2[C@@H](COC[C@H](O)CN2C(=O)Nc2ccc(Cl)c(Cl)c2)O1)NCc1ccncc1. The van der Waals surface area contributed by atoms with E-state index in [1.165, 1.54) is 0 Å². The van der Waals surface area contributed by atoms with Crippen molar-refractivity contribution in [2.75, 3.05) is 25.1 Å². The lowest BCUT2D eigenvalue weighted by molar-refractivity contribution is -0.149. The lowest BCUT2D eigenvalue weighted by atomic mass is 9.95. The number of urea groups is 1. The zero-order valence-electron chi connectivity index (χ0n) is 19.0. The molecule has 1 aromatic heterocycles. The van der Waals surface area contributed by atoms with Crippen molar-refractivity contribution in [2.24, 2.45) is 0 Å². The Morgan fingerprint density at radius 2 is 1.91 bits per heavy atom. The summed E-state index contributed by atoms with van der Waals surface area (Å²) in [5.41, 5.74) is 1.46. The molecule has 3 heterocycles. The normalized spacial score (nSPS) is 24.6. The van der Waals surface area contributed by atoms with E-state index >= 15 is 0 Å². The van der Waals surface area contributed by atoms with E-state index in [0.717, 1.165) is 5.56 Å². The van der Waals surface area contributed by atoms with Crippen LogP contribution in [-0.4, -0.2) is 71.0 Å². The minimum atomic E-state index is -0.827. The molecule has 4 rings (SSSR count). The molecular weight excluding hydrogens is 495 g/mol. The van der Waals surface area contributed by atoms with Crippen LogP contribution >= 0.6 is 23.2 Å². The van der Waals surface area contributed by atoms with Crippen molar-refractivity contribution >= 4 is 40.8 Å². The molecule has 0 aliphatic carbocycles. The number of β-amino-alcohol motifs (C(OH)–C–C–N with tert-alkyl or cyclic N) is 1. The lowest BCUT2D eigenvalue weighted by Gasteiger charge is -2.44. The largest absolute Gasteiger partial charge is 0.389 e. The number of aliphatic hydroxyl groups is 1. The summed E-state index contributed by atoms with van der Waals surface area (Å²) in [6, 6.07) is 7.83. The average Bonchev–Trinajstić information content (AvgIpc) is 2.83. The second kappa shape index (κ2) is 12.0. The first-order chi connectivity index (χ1) is 16.9. The van der Waals surface area contributed by atoms with Crippen LogP contribution in [0.25, 0.3) is 0 Å². The molecule has 2 fully saturated rings. The number of pyridine rings is 1. The number of aromatic nitrogens is 1. The maximum Gasteiger partial charge on any atom is 0.322 e. The first-order valence-corrected chi connectivity index (χ1v) is 12.2. The molecule has 0 radical (unpaired) electrons. The number of rotatable bonds is 5. The minimum absolute atomic E-state index is 0.0836. The van der Waals surface area contributed by atoms with Gasteiger partial charge in [0.1, 0.15) is 6.10 Å². The van der Waals surface area contributed by atoms with Crippen LogP contribution in [-0.2, 0) is 20.8 Å². The van der Waals surface area contributed by atoms with Crippen molar-refractivity contribution < 1.29 is 24.2 Å². The van der Waals surface area contributed by atoms with Crippen LogP contribution in [0, 0.1) is 0 Å². The van der Waals surface area contributed by atoms with E-state index in [9.17, 15) is 14.7 Å². The number of ether oxygens (including phenoxy) is 2. The molecule has 0 saturated carbocycles. The third-order valence-corrected chi connectivity index (χ3v) is 6.80. The van der Waals surface area contributed by atoms with E-state index in [2.05, 4.69) is 15.6 Å². The monoisotopic (exact) mass is 522 g/mol. The topological polar surface area (TPSA) is 113 Å². The van der Waals surface area contributed by atoms with Gasteiger partial charge < -0.3 is 30.1 Å². The number of hydrogen-bond acceptors (Lipinski definition) is 6. The number of carbonyl (C=O) groups is 2. The Morgan fingerprint density at radius 3 is 2.69 bits per heavy atom. The Balaban J connectivity index is 1.37. The van der Waals surface area contributed by atoms with Crippen LogP contribution in [0.1, 0.15) is 24.8 Å². The van der Waals surface area contributed by atoms with Crippen LogP contribution in [0.2, 0.25) is 10.0 Å². The highest BCUT2D eigenvalue weighted by atomic mass is 35.5. The Labute approximate surface area is 213 Å². The van der Waals surface area contributed by atoms with Gasteiger partial charge in [-0.15, -0.1) is 0 Å². The highest BCUT2D eigenvalue weighted by molar-refractivity contribution is 6.42. The number of hydrogen-bond donors (Lipinski definition) is 3. The zero-order valence-corrected chi connectivity index (χ0v) is 20.5. The maximum absolute atomic E-state index is 13.2. The third-order valence-electron chi connectivity index (χ3n) is 6.06. The fraction of sp³-hybridized carbons (Fsp3) is 0.458. The van der Waals surface area contributed by atoms with Gasteiger partial charge in [-0.3, -0.25) is 9.78 Å². The van der Waals surface area contributed by atoms with Crippen molar-refractivity contribution in [3.8, 4) is 0 Å². The molecule has 2 aromatic rings. The van der Waals surface area contributed by atoms with Gasteiger partial charge >= 0.3 is 6.03 Å². The molecular formula is C24H28Cl2N4O5. The van der Waals surface area contributed by atoms with Gasteiger partial charge in [-0.05, 0) is 48.7 Å². The summed E-state index contributed by atoms with van der Waals surface area (Å²) in [4.78, 5) is 31.2. The predicted octanol–water partition coefficient (Wildman–Crippen LogP) is 3.24. The summed E-state index contributed by atoms with van der Waals surface area (Å²) in [6.45, 7) is 0.812.